The zero-order chi connectivity index (χ0) is 12.1. The molecular weight excluding hydrogens is 216 g/mol. The summed E-state index contributed by atoms with van der Waals surface area (Å²) in [5, 5.41) is 2.70. The molecule has 0 aliphatic heterocycles. The smallest absolute Gasteiger partial charge is 0.252 e. The Balaban J connectivity index is 2.02. The number of nitrogens with one attached hydrogen (secondary N) is 2. The van der Waals surface area contributed by atoms with E-state index in [0.717, 1.165) is 0 Å². The Labute approximate surface area is 98.3 Å². The second-order valence-electron chi connectivity index (χ2n) is 3.57. The van der Waals surface area contributed by atoms with Gasteiger partial charge in [-0.15, -0.1) is 0 Å². The molecule has 2 aromatic rings. The van der Waals surface area contributed by atoms with Crippen LogP contribution >= 0.6 is 0 Å². The fourth-order valence-electron chi connectivity index (χ4n) is 1.46. The van der Waals surface area contributed by atoms with Gasteiger partial charge in [0.25, 0.3) is 11.5 Å². The third-order valence-electron chi connectivity index (χ3n) is 2.38. The van der Waals surface area contributed by atoms with Gasteiger partial charge >= 0.3 is 0 Å². The average Bonchev–Trinajstić information content (AvgIpc) is 2.38. The fraction of sp³-hybridized carbons (Fsp3) is 0.0769. The first kappa shape index (κ1) is 11.1. The molecule has 0 atom stereocenters. The van der Waals surface area contributed by atoms with E-state index in [0.29, 0.717) is 11.1 Å². The maximum absolute atomic E-state index is 11.7. The van der Waals surface area contributed by atoms with Crippen molar-refractivity contribution in [3.8, 4) is 0 Å². The van der Waals surface area contributed by atoms with Gasteiger partial charge in [-0.1, -0.05) is 24.3 Å². The number of carbonyl (C=O) groups is 1. The summed E-state index contributed by atoms with van der Waals surface area (Å²) in [4.78, 5) is 25.6. The number of H-pyrrole nitrogens is 1. The standard InChI is InChI=1S/C13H12N2O2/c16-12(10-5-2-1-3-6-10)15-9-11-7-4-8-14-13(11)17/h1-8H,9H2,(H,14,17)(H,15,16). The number of carbonyl (C=O) groups excluding carboxylic acids is 1. The first-order valence-corrected chi connectivity index (χ1v) is 5.27. The van der Waals surface area contributed by atoms with Gasteiger partial charge in [0.1, 0.15) is 0 Å². The van der Waals surface area contributed by atoms with E-state index >= 15 is 0 Å². The first-order chi connectivity index (χ1) is 8.27. The minimum absolute atomic E-state index is 0.180. The summed E-state index contributed by atoms with van der Waals surface area (Å²) in [6.07, 6.45) is 1.56. The van der Waals surface area contributed by atoms with E-state index in [1.807, 2.05) is 6.07 Å². The SMILES string of the molecule is O=C(NCc1ccc[nH]c1=O)c1ccccc1. The lowest BCUT2D eigenvalue weighted by atomic mass is 10.2. The van der Waals surface area contributed by atoms with Gasteiger partial charge in [-0.3, -0.25) is 9.59 Å². The van der Waals surface area contributed by atoms with E-state index in [2.05, 4.69) is 10.3 Å². The Bertz CT molecular complexity index is 561. The van der Waals surface area contributed by atoms with Gasteiger partial charge in [-0.05, 0) is 18.2 Å². The third kappa shape index (κ3) is 2.81. The molecule has 4 nitrogen and oxygen atoms in total. The number of aromatic amines is 1. The molecule has 2 N–H and O–H groups in total. The van der Waals surface area contributed by atoms with Crippen LogP contribution in [0.3, 0.4) is 0 Å². The van der Waals surface area contributed by atoms with Crippen LogP contribution in [-0.2, 0) is 6.54 Å². The van der Waals surface area contributed by atoms with Crippen molar-refractivity contribution in [2.75, 3.05) is 0 Å². The Hall–Kier alpha value is -2.36. The topological polar surface area (TPSA) is 62.0 Å². The van der Waals surface area contributed by atoms with Crippen LogP contribution in [-0.4, -0.2) is 10.9 Å². The molecule has 0 radical (unpaired) electrons. The maximum Gasteiger partial charge on any atom is 0.252 e. The van der Waals surface area contributed by atoms with Crippen LogP contribution < -0.4 is 10.9 Å². The number of hydrogen-bond donors (Lipinski definition) is 2. The molecule has 0 unspecified atom stereocenters. The Morgan fingerprint density at radius 1 is 1.12 bits per heavy atom. The van der Waals surface area contributed by atoms with Crippen LogP contribution in [0.15, 0.2) is 53.5 Å². The molecular formula is C13H12N2O2. The molecule has 1 aromatic carbocycles. The first-order valence-electron chi connectivity index (χ1n) is 5.27. The molecule has 86 valence electrons. The monoisotopic (exact) mass is 228 g/mol. The quantitative estimate of drug-likeness (QED) is 0.831. The van der Waals surface area contributed by atoms with E-state index in [-0.39, 0.29) is 18.0 Å². The second-order valence-corrected chi connectivity index (χ2v) is 3.57. The van der Waals surface area contributed by atoms with Crippen LogP contribution in [0.25, 0.3) is 0 Å². The summed E-state index contributed by atoms with van der Waals surface area (Å²) in [6.45, 7) is 0.226. The summed E-state index contributed by atoms with van der Waals surface area (Å²) < 4.78 is 0. The van der Waals surface area contributed by atoms with Gasteiger partial charge in [0, 0.05) is 23.9 Å². The molecule has 1 amide bonds. The van der Waals surface area contributed by atoms with Crippen LogP contribution in [0.4, 0.5) is 0 Å². The minimum atomic E-state index is -0.186. The maximum atomic E-state index is 11.7. The predicted molar refractivity (Wildman–Crippen MR) is 64.7 cm³/mol. The highest BCUT2D eigenvalue weighted by Gasteiger charge is 2.05. The number of benzene rings is 1. The Morgan fingerprint density at radius 2 is 1.88 bits per heavy atom. The van der Waals surface area contributed by atoms with Crippen molar-refractivity contribution >= 4 is 5.91 Å². The fourth-order valence-corrected chi connectivity index (χ4v) is 1.46. The number of amides is 1. The number of pyridine rings is 1. The largest absolute Gasteiger partial charge is 0.348 e. The second kappa shape index (κ2) is 5.12. The van der Waals surface area contributed by atoms with Gasteiger partial charge in [0.2, 0.25) is 0 Å². The molecule has 0 saturated heterocycles. The van der Waals surface area contributed by atoms with Crippen molar-refractivity contribution in [3.63, 3.8) is 0 Å². The summed E-state index contributed by atoms with van der Waals surface area (Å²) in [5.41, 5.74) is 0.942. The van der Waals surface area contributed by atoms with Crippen LogP contribution in [0.5, 0.6) is 0 Å². The summed E-state index contributed by atoms with van der Waals surface area (Å²) in [7, 11) is 0. The van der Waals surface area contributed by atoms with Gasteiger partial charge in [-0.2, -0.15) is 0 Å². The lowest BCUT2D eigenvalue weighted by molar-refractivity contribution is 0.0951. The third-order valence-corrected chi connectivity index (χ3v) is 2.38. The molecule has 0 aliphatic carbocycles. The van der Waals surface area contributed by atoms with E-state index in [1.54, 1.807) is 42.6 Å². The molecule has 0 spiro atoms. The average molecular weight is 228 g/mol. The number of rotatable bonds is 3. The molecule has 0 aliphatic rings. The van der Waals surface area contributed by atoms with Crippen molar-refractivity contribution in [1.29, 1.82) is 0 Å². The van der Waals surface area contributed by atoms with Gasteiger partial charge < -0.3 is 10.3 Å². The highest BCUT2D eigenvalue weighted by Crippen LogP contribution is 1.98. The van der Waals surface area contributed by atoms with E-state index in [4.69, 9.17) is 0 Å². The summed E-state index contributed by atoms with van der Waals surface area (Å²) in [6, 6.07) is 12.3. The molecule has 0 bridgehead atoms. The number of hydrogen-bond acceptors (Lipinski definition) is 2. The molecule has 17 heavy (non-hydrogen) atoms. The van der Waals surface area contributed by atoms with Gasteiger partial charge in [0.15, 0.2) is 0 Å². The normalized spacial score (nSPS) is 9.88. The summed E-state index contributed by atoms with van der Waals surface area (Å²) in [5.74, 6) is -0.186. The lowest BCUT2D eigenvalue weighted by Crippen LogP contribution is -2.26. The van der Waals surface area contributed by atoms with Crippen LogP contribution in [0, 0.1) is 0 Å². The lowest BCUT2D eigenvalue weighted by Gasteiger charge is -2.04. The van der Waals surface area contributed by atoms with E-state index < -0.39 is 0 Å². The molecule has 1 aromatic heterocycles. The van der Waals surface area contributed by atoms with Crippen molar-refractivity contribution < 1.29 is 4.79 Å². The highest BCUT2D eigenvalue weighted by atomic mass is 16.1. The summed E-state index contributed by atoms with van der Waals surface area (Å²) >= 11 is 0. The van der Waals surface area contributed by atoms with Crippen molar-refractivity contribution in [3.05, 3.63) is 70.1 Å². The zero-order valence-corrected chi connectivity index (χ0v) is 9.14. The predicted octanol–water partition coefficient (Wildman–Crippen LogP) is 1.30. The molecule has 1 heterocycles. The molecule has 0 fully saturated rings. The number of aromatic nitrogens is 1. The molecule has 0 saturated carbocycles. The van der Waals surface area contributed by atoms with Crippen molar-refractivity contribution in [1.82, 2.24) is 10.3 Å². The highest BCUT2D eigenvalue weighted by molar-refractivity contribution is 5.94. The van der Waals surface area contributed by atoms with Crippen molar-refractivity contribution in [2.45, 2.75) is 6.54 Å². The minimum Gasteiger partial charge on any atom is -0.348 e. The Kier molecular flexibility index (Phi) is 3.35. The van der Waals surface area contributed by atoms with Gasteiger partial charge in [0.05, 0.1) is 0 Å². The van der Waals surface area contributed by atoms with Crippen LogP contribution in [0.1, 0.15) is 15.9 Å². The Morgan fingerprint density at radius 3 is 2.59 bits per heavy atom. The van der Waals surface area contributed by atoms with E-state index in [9.17, 15) is 9.59 Å². The molecule has 2 rings (SSSR count). The zero-order valence-electron chi connectivity index (χ0n) is 9.14. The molecule has 4 heteroatoms. The van der Waals surface area contributed by atoms with E-state index in [1.165, 1.54) is 0 Å². The van der Waals surface area contributed by atoms with Crippen LogP contribution in [0.2, 0.25) is 0 Å². The van der Waals surface area contributed by atoms with Crippen molar-refractivity contribution in [2.24, 2.45) is 0 Å². The van der Waals surface area contributed by atoms with Gasteiger partial charge in [-0.25, -0.2) is 0 Å².